The van der Waals surface area contributed by atoms with Crippen molar-refractivity contribution in [1.29, 1.82) is 0 Å². The Hall–Kier alpha value is -4.12. The van der Waals surface area contributed by atoms with Crippen molar-refractivity contribution in [2.75, 3.05) is 16.0 Å². The first-order valence-electron chi connectivity index (χ1n) is 11.1. The minimum absolute atomic E-state index is 0.00478. The van der Waals surface area contributed by atoms with Crippen LogP contribution in [0.2, 0.25) is 0 Å². The maximum atomic E-state index is 14.7. The minimum atomic E-state index is -0.878. The lowest BCUT2D eigenvalue weighted by molar-refractivity contribution is 0.0997. The van der Waals surface area contributed by atoms with Gasteiger partial charge in [-0.05, 0) is 37.1 Å². The monoisotopic (exact) mass is 481 g/mol. The average Bonchev–Trinajstić information content (AvgIpc) is 2.82. The van der Waals surface area contributed by atoms with Crippen molar-refractivity contribution in [3.63, 3.8) is 0 Å². The molecule has 0 aliphatic heterocycles. The third-order valence-electron chi connectivity index (χ3n) is 5.76. The van der Waals surface area contributed by atoms with Gasteiger partial charge in [-0.25, -0.2) is 13.8 Å². The fraction of sp³-hybridized carbons (Fsp3) is 0.250. The zero-order valence-electron chi connectivity index (χ0n) is 18.7. The van der Waals surface area contributed by atoms with Crippen LogP contribution < -0.4 is 27.4 Å². The second-order valence-electron chi connectivity index (χ2n) is 8.30. The number of nitrogens with two attached hydrogens (primary N) is 2. The van der Waals surface area contributed by atoms with E-state index in [1.807, 2.05) is 0 Å². The van der Waals surface area contributed by atoms with E-state index in [9.17, 15) is 18.4 Å². The second-order valence-corrected chi connectivity index (χ2v) is 8.30. The number of hydrogen-bond donors (Lipinski definition) is 5. The van der Waals surface area contributed by atoms with E-state index in [0.717, 1.165) is 31.7 Å². The third kappa shape index (κ3) is 5.69. The molecule has 4 rings (SSSR count). The molecule has 1 aliphatic carbocycles. The Bertz CT molecular complexity index is 1250. The molecule has 2 aromatic heterocycles. The summed E-state index contributed by atoms with van der Waals surface area (Å²) in [6.07, 6.45) is 6.36. The summed E-state index contributed by atoms with van der Waals surface area (Å²) in [5, 5.41) is 8.50. The zero-order chi connectivity index (χ0) is 24.9. The first-order chi connectivity index (χ1) is 16.8. The molecule has 0 saturated heterocycles. The number of nitrogens with zero attached hydrogens (tertiary/aromatic N) is 2. The second kappa shape index (κ2) is 10.4. The van der Waals surface area contributed by atoms with Crippen LogP contribution in [0, 0.1) is 11.6 Å². The van der Waals surface area contributed by atoms with Crippen molar-refractivity contribution in [2.24, 2.45) is 11.5 Å². The van der Waals surface area contributed by atoms with Crippen LogP contribution in [0.5, 0.6) is 0 Å². The molecule has 1 aliphatic rings. The Labute approximate surface area is 200 Å². The van der Waals surface area contributed by atoms with Crippen LogP contribution in [-0.4, -0.2) is 33.9 Å². The van der Waals surface area contributed by atoms with E-state index < -0.39 is 23.4 Å². The van der Waals surface area contributed by atoms with Crippen LogP contribution in [0.3, 0.4) is 0 Å². The van der Waals surface area contributed by atoms with Crippen molar-refractivity contribution in [1.82, 2.24) is 9.97 Å². The molecule has 0 bridgehead atoms. The number of hydrogen-bond acceptors (Lipinski definition) is 7. The molecule has 0 spiro atoms. The van der Waals surface area contributed by atoms with Crippen LogP contribution in [0.25, 0.3) is 0 Å². The van der Waals surface area contributed by atoms with E-state index >= 15 is 0 Å². The van der Waals surface area contributed by atoms with Crippen LogP contribution in [-0.2, 0) is 0 Å². The van der Waals surface area contributed by atoms with Gasteiger partial charge in [-0.1, -0.05) is 25.0 Å². The van der Waals surface area contributed by atoms with E-state index in [-0.39, 0.29) is 40.5 Å². The molecular formula is C24H25F2N7O2. The van der Waals surface area contributed by atoms with Gasteiger partial charge in [0.1, 0.15) is 11.6 Å². The molecule has 182 valence electrons. The summed E-state index contributed by atoms with van der Waals surface area (Å²) >= 11 is 0. The summed E-state index contributed by atoms with van der Waals surface area (Å²) in [7, 11) is 0. The summed E-state index contributed by atoms with van der Waals surface area (Å²) in [5.74, 6) is -2.98. The van der Waals surface area contributed by atoms with Crippen molar-refractivity contribution < 1.29 is 18.4 Å². The predicted molar refractivity (Wildman–Crippen MR) is 128 cm³/mol. The molecule has 3 aromatic rings. The molecule has 1 saturated carbocycles. The summed E-state index contributed by atoms with van der Waals surface area (Å²) < 4.78 is 28.6. The Balaban J connectivity index is 1.57. The number of rotatable bonds is 7. The molecule has 1 fully saturated rings. The molecule has 2 unspecified atom stereocenters. The molecule has 2 amide bonds. The van der Waals surface area contributed by atoms with Gasteiger partial charge in [0.05, 0.1) is 34.9 Å². The number of primary amides is 1. The van der Waals surface area contributed by atoms with Gasteiger partial charge in [-0.2, -0.15) is 0 Å². The van der Waals surface area contributed by atoms with Crippen LogP contribution in [0.1, 0.15) is 46.4 Å². The molecule has 11 heteroatoms. The predicted octanol–water partition coefficient (Wildman–Crippen LogP) is 3.53. The summed E-state index contributed by atoms with van der Waals surface area (Å²) in [6.45, 7) is 0. The SMILES string of the molecule is NC(=O)c1cc(F)c(NC2CCCCC2N)nc1Nc1cncc(NC(=O)c2ccccc2F)c1. The Morgan fingerprint density at radius 1 is 0.943 bits per heavy atom. The van der Waals surface area contributed by atoms with Gasteiger partial charge < -0.3 is 27.4 Å². The molecule has 35 heavy (non-hydrogen) atoms. The Morgan fingerprint density at radius 3 is 2.43 bits per heavy atom. The van der Waals surface area contributed by atoms with Crippen molar-refractivity contribution in [2.45, 2.75) is 37.8 Å². The average molecular weight is 482 g/mol. The van der Waals surface area contributed by atoms with Gasteiger partial charge in [-0.15, -0.1) is 0 Å². The van der Waals surface area contributed by atoms with Crippen LogP contribution in [0.15, 0.2) is 48.8 Å². The van der Waals surface area contributed by atoms with E-state index in [0.29, 0.717) is 5.69 Å². The third-order valence-corrected chi connectivity index (χ3v) is 5.76. The zero-order valence-corrected chi connectivity index (χ0v) is 18.7. The highest BCUT2D eigenvalue weighted by molar-refractivity contribution is 6.04. The number of aromatic nitrogens is 2. The van der Waals surface area contributed by atoms with E-state index in [4.69, 9.17) is 11.5 Å². The van der Waals surface area contributed by atoms with Gasteiger partial charge in [0.2, 0.25) is 0 Å². The molecular weight excluding hydrogens is 456 g/mol. The van der Waals surface area contributed by atoms with Gasteiger partial charge >= 0.3 is 0 Å². The Morgan fingerprint density at radius 2 is 1.69 bits per heavy atom. The summed E-state index contributed by atoms with van der Waals surface area (Å²) in [5.41, 5.74) is 11.9. The standard InChI is InChI=1S/C24H25F2N7O2/c25-17-6-2-1-5-15(17)24(35)31-14-9-13(11-29-12-14)30-22-16(21(28)34)10-18(26)23(33-22)32-20-8-4-3-7-19(20)27/h1-2,5-6,9-12,19-20H,3-4,7-8,27H2,(H2,28,34)(H,31,35)(H2,30,32,33). The number of amides is 2. The number of pyridine rings is 2. The van der Waals surface area contributed by atoms with Gasteiger partial charge in [0, 0.05) is 12.1 Å². The van der Waals surface area contributed by atoms with Crippen molar-refractivity contribution in [3.05, 3.63) is 71.6 Å². The topological polar surface area (TPSA) is 148 Å². The minimum Gasteiger partial charge on any atom is -0.365 e. The first kappa shape index (κ1) is 24.0. The number of halogens is 2. The lowest BCUT2D eigenvalue weighted by Gasteiger charge is -2.30. The highest BCUT2D eigenvalue weighted by Gasteiger charge is 2.24. The van der Waals surface area contributed by atoms with E-state index in [2.05, 4.69) is 25.9 Å². The molecule has 7 N–H and O–H groups in total. The normalized spacial score (nSPS) is 17.5. The number of carbonyl (C=O) groups is 2. The molecule has 0 radical (unpaired) electrons. The van der Waals surface area contributed by atoms with Crippen molar-refractivity contribution >= 4 is 34.8 Å². The molecule has 2 atom stereocenters. The fourth-order valence-corrected chi connectivity index (χ4v) is 3.94. The Kier molecular flexibility index (Phi) is 7.16. The fourth-order valence-electron chi connectivity index (χ4n) is 3.94. The van der Waals surface area contributed by atoms with E-state index in [1.54, 1.807) is 6.07 Å². The number of anilines is 4. The molecule has 2 heterocycles. The maximum Gasteiger partial charge on any atom is 0.258 e. The number of benzene rings is 1. The quantitative estimate of drug-likeness (QED) is 0.347. The first-order valence-corrected chi connectivity index (χ1v) is 11.1. The smallest absolute Gasteiger partial charge is 0.258 e. The molecule has 1 aromatic carbocycles. The lowest BCUT2D eigenvalue weighted by Crippen LogP contribution is -2.43. The highest BCUT2D eigenvalue weighted by Crippen LogP contribution is 2.27. The molecule has 9 nitrogen and oxygen atoms in total. The van der Waals surface area contributed by atoms with Gasteiger partial charge in [-0.3, -0.25) is 14.6 Å². The van der Waals surface area contributed by atoms with Gasteiger partial charge in [0.25, 0.3) is 11.8 Å². The number of carbonyl (C=O) groups excluding carboxylic acids is 2. The highest BCUT2D eigenvalue weighted by atomic mass is 19.1. The number of nitrogens with one attached hydrogen (secondary N) is 3. The van der Waals surface area contributed by atoms with Crippen LogP contribution >= 0.6 is 0 Å². The van der Waals surface area contributed by atoms with Crippen molar-refractivity contribution in [3.8, 4) is 0 Å². The maximum absolute atomic E-state index is 14.7. The van der Waals surface area contributed by atoms with Gasteiger partial charge in [0.15, 0.2) is 11.6 Å². The lowest BCUT2D eigenvalue weighted by atomic mass is 9.91. The summed E-state index contributed by atoms with van der Waals surface area (Å²) in [6, 6.07) is 7.78. The van der Waals surface area contributed by atoms with Crippen LogP contribution in [0.4, 0.5) is 31.8 Å². The van der Waals surface area contributed by atoms with E-state index in [1.165, 1.54) is 36.7 Å². The largest absolute Gasteiger partial charge is 0.365 e. The summed E-state index contributed by atoms with van der Waals surface area (Å²) in [4.78, 5) is 32.7.